The van der Waals surface area contributed by atoms with Gasteiger partial charge >= 0.3 is 0 Å². The van der Waals surface area contributed by atoms with Crippen LogP contribution in [0.15, 0.2) is 60.9 Å². The lowest BCUT2D eigenvalue weighted by atomic mass is 10.2. The predicted octanol–water partition coefficient (Wildman–Crippen LogP) is 4.12. The van der Waals surface area contributed by atoms with Crippen molar-refractivity contribution >= 4 is 0 Å². The van der Waals surface area contributed by atoms with Gasteiger partial charge in [0.25, 0.3) is 0 Å². The summed E-state index contributed by atoms with van der Waals surface area (Å²) in [6.45, 7) is 0.935. The number of ether oxygens (including phenoxy) is 4. The van der Waals surface area contributed by atoms with E-state index in [1.54, 1.807) is 20.4 Å². The number of hydrogen-bond acceptors (Lipinski definition) is 5. The molecule has 0 amide bonds. The molecule has 148 valence electrons. The number of nitrogens with zero attached hydrogens (tertiary/aromatic N) is 1. The van der Waals surface area contributed by atoms with E-state index in [4.69, 9.17) is 18.9 Å². The minimum Gasteiger partial charge on any atom is -0.497 e. The van der Waals surface area contributed by atoms with Crippen molar-refractivity contribution in [2.45, 2.75) is 32.3 Å². The van der Waals surface area contributed by atoms with E-state index in [1.165, 1.54) is 0 Å². The summed E-state index contributed by atoms with van der Waals surface area (Å²) in [4.78, 5) is 7.38. The van der Waals surface area contributed by atoms with Gasteiger partial charge in [0.1, 0.15) is 17.3 Å². The number of methoxy groups -OCH3 is 2. The van der Waals surface area contributed by atoms with Gasteiger partial charge in [0, 0.05) is 25.2 Å². The normalized spacial score (nSPS) is 11.0. The minimum atomic E-state index is -0.339. The van der Waals surface area contributed by atoms with E-state index in [-0.39, 0.29) is 6.29 Å². The molecule has 0 atom stereocenters. The van der Waals surface area contributed by atoms with Crippen LogP contribution in [-0.4, -0.2) is 30.5 Å². The van der Waals surface area contributed by atoms with E-state index in [0.717, 1.165) is 34.9 Å². The first-order valence-electron chi connectivity index (χ1n) is 9.24. The lowest BCUT2D eigenvalue weighted by Gasteiger charge is -2.19. The molecule has 0 aliphatic rings. The fourth-order valence-electron chi connectivity index (χ4n) is 2.73. The Morgan fingerprint density at radius 3 is 1.79 bits per heavy atom. The summed E-state index contributed by atoms with van der Waals surface area (Å²) in [5.74, 6) is 2.58. The van der Waals surface area contributed by atoms with Crippen LogP contribution in [0.2, 0.25) is 0 Å². The second-order valence-corrected chi connectivity index (χ2v) is 6.32. The first-order valence-corrected chi connectivity index (χ1v) is 9.24. The van der Waals surface area contributed by atoms with Gasteiger partial charge in [-0.2, -0.15) is 0 Å². The maximum absolute atomic E-state index is 6.04. The Balaban J connectivity index is 1.56. The average Bonchev–Trinajstić information content (AvgIpc) is 3.27. The molecule has 1 N–H and O–H groups in total. The molecule has 0 aliphatic heterocycles. The fraction of sp³-hybridized carbons (Fsp3) is 0.318. The van der Waals surface area contributed by atoms with Crippen molar-refractivity contribution in [3.63, 3.8) is 0 Å². The fourth-order valence-corrected chi connectivity index (χ4v) is 2.73. The van der Waals surface area contributed by atoms with Crippen LogP contribution >= 0.6 is 0 Å². The number of hydrogen-bond donors (Lipinski definition) is 1. The highest BCUT2D eigenvalue weighted by Crippen LogP contribution is 2.17. The SMILES string of the molecule is COc1ccc(COC(CCc2ncc[nH]2)OCc2ccc(OC)cc2)cc1. The molecule has 0 saturated carbocycles. The summed E-state index contributed by atoms with van der Waals surface area (Å²) in [5, 5.41) is 0. The molecule has 28 heavy (non-hydrogen) atoms. The van der Waals surface area contributed by atoms with Gasteiger partial charge in [-0.25, -0.2) is 4.98 Å². The molecule has 0 spiro atoms. The number of rotatable bonds is 11. The Labute approximate surface area is 165 Å². The molecule has 0 saturated heterocycles. The first-order chi connectivity index (χ1) is 13.8. The van der Waals surface area contributed by atoms with Gasteiger partial charge in [-0.1, -0.05) is 24.3 Å². The first kappa shape index (κ1) is 19.9. The van der Waals surface area contributed by atoms with E-state index < -0.39 is 0 Å². The monoisotopic (exact) mass is 382 g/mol. The van der Waals surface area contributed by atoms with Gasteiger partial charge < -0.3 is 23.9 Å². The van der Waals surface area contributed by atoms with E-state index in [0.29, 0.717) is 19.6 Å². The quantitative estimate of drug-likeness (QED) is 0.506. The second kappa shape index (κ2) is 10.5. The lowest BCUT2D eigenvalue weighted by Crippen LogP contribution is -2.18. The summed E-state index contributed by atoms with van der Waals surface area (Å²) < 4.78 is 22.5. The van der Waals surface area contributed by atoms with Crippen LogP contribution in [0.3, 0.4) is 0 Å². The van der Waals surface area contributed by atoms with Crippen LogP contribution in [0.5, 0.6) is 11.5 Å². The maximum Gasteiger partial charge on any atom is 0.158 e. The minimum absolute atomic E-state index is 0.339. The van der Waals surface area contributed by atoms with E-state index in [2.05, 4.69) is 9.97 Å². The van der Waals surface area contributed by atoms with Crippen molar-refractivity contribution < 1.29 is 18.9 Å². The Bertz CT molecular complexity index is 750. The molecule has 1 aromatic heterocycles. The van der Waals surface area contributed by atoms with E-state index >= 15 is 0 Å². The van der Waals surface area contributed by atoms with Crippen molar-refractivity contribution in [2.75, 3.05) is 14.2 Å². The highest BCUT2D eigenvalue weighted by molar-refractivity contribution is 5.27. The summed E-state index contributed by atoms with van der Waals surface area (Å²) in [5.41, 5.74) is 2.13. The summed E-state index contributed by atoms with van der Waals surface area (Å²) in [6.07, 6.45) is 4.69. The van der Waals surface area contributed by atoms with Gasteiger partial charge in [0.15, 0.2) is 6.29 Å². The number of aromatic amines is 1. The largest absolute Gasteiger partial charge is 0.497 e. The molecule has 6 nitrogen and oxygen atoms in total. The van der Waals surface area contributed by atoms with Crippen LogP contribution in [0.4, 0.5) is 0 Å². The summed E-state index contributed by atoms with van der Waals surface area (Å²) in [7, 11) is 3.31. The zero-order valence-electron chi connectivity index (χ0n) is 16.3. The topological polar surface area (TPSA) is 65.6 Å². The average molecular weight is 382 g/mol. The van der Waals surface area contributed by atoms with Crippen molar-refractivity contribution in [3.8, 4) is 11.5 Å². The standard InChI is InChI=1S/C22H26N2O4/c1-25-19-7-3-17(4-8-19)15-27-22(12-11-21-23-13-14-24-21)28-16-18-5-9-20(26-2)10-6-18/h3-10,13-14,22H,11-12,15-16H2,1-2H3,(H,23,24). The molecule has 3 aromatic rings. The molecule has 0 radical (unpaired) electrons. The van der Waals surface area contributed by atoms with Crippen molar-refractivity contribution in [3.05, 3.63) is 77.9 Å². The van der Waals surface area contributed by atoms with Crippen LogP contribution in [0, 0.1) is 0 Å². The molecule has 0 unspecified atom stereocenters. The third-order valence-electron chi connectivity index (χ3n) is 4.36. The Kier molecular flexibility index (Phi) is 7.46. The van der Waals surface area contributed by atoms with Crippen molar-refractivity contribution in [1.82, 2.24) is 9.97 Å². The number of aromatic nitrogens is 2. The molecule has 6 heteroatoms. The van der Waals surface area contributed by atoms with Crippen molar-refractivity contribution in [1.29, 1.82) is 0 Å². The highest BCUT2D eigenvalue weighted by Gasteiger charge is 2.12. The number of benzene rings is 2. The van der Waals surface area contributed by atoms with Gasteiger partial charge in [0.2, 0.25) is 0 Å². The highest BCUT2D eigenvalue weighted by atomic mass is 16.7. The van der Waals surface area contributed by atoms with E-state index in [1.807, 2.05) is 54.7 Å². The smallest absolute Gasteiger partial charge is 0.158 e. The Hall–Kier alpha value is -2.83. The maximum atomic E-state index is 6.04. The van der Waals surface area contributed by atoms with Crippen LogP contribution < -0.4 is 9.47 Å². The molecule has 1 heterocycles. The molecule has 2 aromatic carbocycles. The number of nitrogens with one attached hydrogen (secondary N) is 1. The number of imidazole rings is 1. The molecule has 0 bridgehead atoms. The van der Waals surface area contributed by atoms with Gasteiger partial charge in [-0.3, -0.25) is 0 Å². The van der Waals surface area contributed by atoms with Crippen LogP contribution in [-0.2, 0) is 29.1 Å². The third kappa shape index (κ3) is 6.11. The second-order valence-electron chi connectivity index (χ2n) is 6.32. The zero-order chi connectivity index (χ0) is 19.6. The van der Waals surface area contributed by atoms with Gasteiger partial charge in [0.05, 0.1) is 27.4 Å². The summed E-state index contributed by atoms with van der Waals surface area (Å²) in [6, 6.07) is 15.7. The van der Waals surface area contributed by atoms with Crippen LogP contribution in [0.1, 0.15) is 23.4 Å². The van der Waals surface area contributed by atoms with Gasteiger partial charge in [-0.15, -0.1) is 0 Å². The summed E-state index contributed by atoms with van der Waals surface area (Å²) >= 11 is 0. The number of H-pyrrole nitrogens is 1. The van der Waals surface area contributed by atoms with Crippen molar-refractivity contribution in [2.24, 2.45) is 0 Å². The lowest BCUT2D eigenvalue weighted by molar-refractivity contribution is -0.159. The molecule has 0 fully saturated rings. The third-order valence-corrected chi connectivity index (χ3v) is 4.36. The molecular formula is C22H26N2O4. The molecular weight excluding hydrogens is 356 g/mol. The predicted molar refractivity (Wildman–Crippen MR) is 106 cm³/mol. The molecule has 0 aliphatic carbocycles. The Morgan fingerprint density at radius 1 is 0.821 bits per heavy atom. The van der Waals surface area contributed by atoms with Crippen LogP contribution in [0.25, 0.3) is 0 Å². The Morgan fingerprint density at radius 2 is 1.36 bits per heavy atom. The zero-order valence-corrected chi connectivity index (χ0v) is 16.3. The van der Waals surface area contributed by atoms with E-state index in [9.17, 15) is 0 Å². The number of aryl methyl sites for hydroxylation is 1. The van der Waals surface area contributed by atoms with Gasteiger partial charge in [-0.05, 0) is 35.4 Å². The molecule has 3 rings (SSSR count).